The summed E-state index contributed by atoms with van der Waals surface area (Å²) in [6.45, 7) is 5.52. The number of methoxy groups -OCH3 is 1. The molecule has 1 aliphatic heterocycles. The van der Waals surface area contributed by atoms with E-state index < -0.39 is 10.0 Å². The molecule has 0 unspecified atom stereocenters. The van der Waals surface area contributed by atoms with Crippen LogP contribution in [0.15, 0.2) is 53.4 Å². The second-order valence-corrected chi connectivity index (χ2v) is 9.53. The summed E-state index contributed by atoms with van der Waals surface area (Å²) in [7, 11) is -0.666. The van der Waals surface area contributed by atoms with E-state index in [1.165, 1.54) is 11.0 Å². The van der Waals surface area contributed by atoms with Crippen LogP contribution in [0.5, 0.6) is 17.2 Å². The van der Waals surface area contributed by atoms with Crippen molar-refractivity contribution in [2.75, 3.05) is 23.8 Å². The number of amides is 1. The number of nitrogens with one attached hydrogen (secondary N) is 1. The van der Waals surface area contributed by atoms with Gasteiger partial charge in [-0.25, -0.2) is 8.42 Å². The number of benzene rings is 3. The predicted molar refractivity (Wildman–Crippen MR) is 124 cm³/mol. The van der Waals surface area contributed by atoms with Gasteiger partial charge in [-0.15, -0.1) is 0 Å². The molecule has 1 aliphatic rings. The summed E-state index contributed by atoms with van der Waals surface area (Å²) < 4.78 is 39.9. The highest BCUT2D eigenvalue weighted by Gasteiger charge is 2.27. The summed E-state index contributed by atoms with van der Waals surface area (Å²) in [5, 5.41) is 0. The van der Waals surface area contributed by atoms with E-state index in [1.54, 1.807) is 52.3 Å². The molecule has 0 spiro atoms. The van der Waals surface area contributed by atoms with Gasteiger partial charge >= 0.3 is 0 Å². The molecule has 0 aromatic heterocycles. The van der Waals surface area contributed by atoms with Gasteiger partial charge in [-0.1, -0.05) is 6.07 Å². The number of rotatable bonds is 4. The molecule has 7 nitrogen and oxygen atoms in total. The highest BCUT2D eigenvalue weighted by molar-refractivity contribution is 7.92. The summed E-state index contributed by atoms with van der Waals surface area (Å²) >= 11 is 0. The molecule has 0 atom stereocenters. The standard InChI is InChI=1S/C24H24N2O5S/c1-14-6-8-22-20(10-14)26(4)24(27)19-13-17(7-9-21(19)31-22)25-32(28,29)18-11-15(2)23(30-5)16(3)12-18/h6-13,25H,1-5H3. The van der Waals surface area contributed by atoms with Gasteiger partial charge in [0.2, 0.25) is 0 Å². The van der Waals surface area contributed by atoms with Crippen molar-refractivity contribution < 1.29 is 22.7 Å². The van der Waals surface area contributed by atoms with Crippen LogP contribution in [0.3, 0.4) is 0 Å². The van der Waals surface area contributed by atoms with Gasteiger partial charge in [-0.2, -0.15) is 0 Å². The molecule has 166 valence electrons. The van der Waals surface area contributed by atoms with Crippen LogP contribution in [-0.2, 0) is 10.0 Å². The molecule has 32 heavy (non-hydrogen) atoms. The molecule has 0 radical (unpaired) electrons. The minimum Gasteiger partial charge on any atom is -0.496 e. The summed E-state index contributed by atoms with van der Waals surface area (Å²) in [5.41, 5.74) is 3.61. The third-order valence-corrected chi connectivity index (χ3v) is 6.77. The Kier molecular flexibility index (Phi) is 5.34. The van der Waals surface area contributed by atoms with Gasteiger partial charge in [0.05, 0.1) is 23.3 Å². The fourth-order valence-electron chi connectivity index (χ4n) is 3.84. The first kappa shape index (κ1) is 21.7. The average Bonchev–Trinajstić information content (AvgIpc) is 2.83. The van der Waals surface area contributed by atoms with Crippen molar-refractivity contribution in [3.63, 3.8) is 0 Å². The van der Waals surface area contributed by atoms with Gasteiger partial charge in [-0.05, 0) is 79.9 Å². The molecule has 3 aromatic carbocycles. The summed E-state index contributed by atoms with van der Waals surface area (Å²) in [4.78, 5) is 14.7. The normalized spacial score (nSPS) is 13.0. The van der Waals surface area contributed by atoms with E-state index >= 15 is 0 Å². The fraction of sp³-hybridized carbons (Fsp3) is 0.208. The lowest BCUT2D eigenvalue weighted by Crippen LogP contribution is -2.25. The molecule has 1 N–H and O–H groups in total. The second-order valence-electron chi connectivity index (χ2n) is 7.84. The fourth-order valence-corrected chi connectivity index (χ4v) is 5.05. The van der Waals surface area contributed by atoms with Crippen LogP contribution in [0.4, 0.5) is 11.4 Å². The number of carbonyl (C=O) groups excluding carboxylic acids is 1. The van der Waals surface area contributed by atoms with Crippen LogP contribution in [0.1, 0.15) is 27.0 Å². The van der Waals surface area contributed by atoms with Gasteiger partial charge in [0.25, 0.3) is 15.9 Å². The first-order valence-electron chi connectivity index (χ1n) is 9.99. The number of fused-ring (bicyclic) bond motifs is 2. The van der Waals surface area contributed by atoms with Gasteiger partial charge in [-0.3, -0.25) is 9.52 Å². The maximum Gasteiger partial charge on any atom is 0.261 e. The van der Waals surface area contributed by atoms with Crippen molar-refractivity contribution >= 4 is 27.3 Å². The topological polar surface area (TPSA) is 84.9 Å². The number of sulfonamides is 1. The minimum absolute atomic E-state index is 0.116. The number of anilines is 2. The molecule has 0 aliphatic carbocycles. The summed E-state index contributed by atoms with van der Waals surface area (Å²) in [6, 6.07) is 13.4. The van der Waals surface area contributed by atoms with E-state index in [0.717, 1.165) is 5.56 Å². The van der Waals surface area contributed by atoms with Crippen molar-refractivity contribution in [3.05, 3.63) is 70.8 Å². The van der Waals surface area contributed by atoms with Crippen LogP contribution in [0, 0.1) is 20.8 Å². The Bertz CT molecular complexity index is 1330. The second kappa shape index (κ2) is 7.87. The van der Waals surface area contributed by atoms with E-state index in [-0.39, 0.29) is 22.1 Å². The highest BCUT2D eigenvalue weighted by Crippen LogP contribution is 2.40. The predicted octanol–water partition coefficient (Wildman–Crippen LogP) is 4.80. The van der Waals surface area contributed by atoms with Crippen molar-refractivity contribution in [1.29, 1.82) is 0 Å². The Morgan fingerprint density at radius 2 is 1.59 bits per heavy atom. The first-order valence-corrected chi connectivity index (χ1v) is 11.5. The lowest BCUT2D eigenvalue weighted by atomic mass is 10.1. The molecule has 8 heteroatoms. The largest absolute Gasteiger partial charge is 0.496 e. The number of ether oxygens (including phenoxy) is 2. The van der Waals surface area contributed by atoms with Crippen LogP contribution in [-0.4, -0.2) is 28.5 Å². The minimum atomic E-state index is -3.88. The molecule has 0 saturated carbocycles. The Morgan fingerprint density at radius 1 is 0.938 bits per heavy atom. The van der Waals surface area contributed by atoms with E-state index in [4.69, 9.17) is 9.47 Å². The van der Waals surface area contributed by atoms with Gasteiger partial charge in [0, 0.05) is 12.7 Å². The Balaban J connectivity index is 1.70. The zero-order valence-corrected chi connectivity index (χ0v) is 19.3. The number of hydrogen-bond donors (Lipinski definition) is 1. The molecular formula is C24H24N2O5S. The van der Waals surface area contributed by atoms with Crippen molar-refractivity contribution in [1.82, 2.24) is 0 Å². The number of aryl methyl sites for hydroxylation is 3. The lowest BCUT2D eigenvalue weighted by Gasteiger charge is -2.17. The number of carbonyl (C=O) groups is 1. The van der Waals surface area contributed by atoms with Gasteiger partial charge in [0.1, 0.15) is 11.5 Å². The number of hydrogen-bond acceptors (Lipinski definition) is 5. The molecule has 1 amide bonds. The third kappa shape index (κ3) is 3.78. The van der Waals surface area contributed by atoms with Crippen molar-refractivity contribution in [2.24, 2.45) is 0 Å². The Labute approximate surface area is 187 Å². The zero-order valence-electron chi connectivity index (χ0n) is 18.5. The Morgan fingerprint density at radius 3 is 2.25 bits per heavy atom. The third-order valence-electron chi connectivity index (χ3n) is 5.41. The maximum absolute atomic E-state index is 13.1. The summed E-state index contributed by atoms with van der Waals surface area (Å²) in [6.07, 6.45) is 0. The van der Waals surface area contributed by atoms with E-state index in [1.807, 2.05) is 25.1 Å². The first-order chi connectivity index (χ1) is 15.1. The van der Waals surface area contributed by atoms with Crippen LogP contribution in [0.2, 0.25) is 0 Å². The Hall–Kier alpha value is -3.52. The molecule has 4 rings (SSSR count). The molecule has 0 fully saturated rings. The van der Waals surface area contributed by atoms with E-state index in [2.05, 4.69) is 4.72 Å². The zero-order chi connectivity index (χ0) is 23.2. The quantitative estimate of drug-likeness (QED) is 0.614. The summed E-state index contributed by atoms with van der Waals surface area (Å²) in [5.74, 6) is 1.28. The van der Waals surface area contributed by atoms with Crippen LogP contribution >= 0.6 is 0 Å². The highest BCUT2D eigenvalue weighted by atomic mass is 32.2. The van der Waals surface area contributed by atoms with E-state index in [9.17, 15) is 13.2 Å². The van der Waals surface area contributed by atoms with Gasteiger partial charge in [0.15, 0.2) is 5.75 Å². The van der Waals surface area contributed by atoms with Crippen molar-refractivity contribution in [2.45, 2.75) is 25.7 Å². The molecule has 1 heterocycles. The monoisotopic (exact) mass is 452 g/mol. The molecule has 0 saturated heterocycles. The smallest absolute Gasteiger partial charge is 0.261 e. The van der Waals surface area contributed by atoms with Crippen LogP contribution in [0.25, 0.3) is 0 Å². The average molecular weight is 453 g/mol. The lowest BCUT2D eigenvalue weighted by molar-refractivity contribution is 0.0993. The molecular weight excluding hydrogens is 428 g/mol. The SMILES string of the molecule is COc1c(C)cc(S(=O)(=O)Nc2ccc3c(c2)C(=O)N(C)c2cc(C)ccc2O3)cc1C. The van der Waals surface area contributed by atoms with E-state index in [0.29, 0.717) is 34.1 Å². The molecule has 0 bridgehead atoms. The molecule has 3 aromatic rings. The maximum atomic E-state index is 13.1. The van der Waals surface area contributed by atoms with Crippen LogP contribution < -0.4 is 19.1 Å². The number of nitrogens with zero attached hydrogens (tertiary/aromatic N) is 1. The van der Waals surface area contributed by atoms with Gasteiger partial charge < -0.3 is 14.4 Å². The van der Waals surface area contributed by atoms with Crippen molar-refractivity contribution in [3.8, 4) is 17.2 Å².